The minimum absolute atomic E-state index is 0.640. The van der Waals surface area contributed by atoms with Crippen molar-refractivity contribution in [1.82, 2.24) is 9.97 Å². The molecule has 0 unspecified atom stereocenters. The van der Waals surface area contributed by atoms with E-state index < -0.39 is 0 Å². The van der Waals surface area contributed by atoms with Gasteiger partial charge in [0.1, 0.15) is 22.3 Å². The summed E-state index contributed by atoms with van der Waals surface area (Å²) in [5, 5.41) is 6.24. The lowest BCUT2D eigenvalue weighted by Gasteiger charge is -2.10. The predicted octanol–water partition coefficient (Wildman–Crippen LogP) is 10.4. The minimum atomic E-state index is 0.640. The number of hydrogen-bond acceptors (Lipinski definition) is 4. The van der Waals surface area contributed by atoms with E-state index in [1.165, 1.54) is 0 Å². The molecule has 3 heterocycles. The Morgan fingerprint density at radius 3 is 1.69 bits per heavy atom. The molecule has 9 aromatic rings. The van der Waals surface area contributed by atoms with Gasteiger partial charge in [-0.2, -0.15) is 0 Å². The maximum atomic E-state index is 6.65. The third-order valence-corrected chi connectivity index (χ3v) is 8.09. The molecule has 0 spiro atoms. The van der Waals surface area contributed by atoms with E-state index in [4.69, 9.17) is 18.8 Å². The van der Waals surface area contributed by atoms with Gasteiger partial charge in [-0.15, -0.1) is 0 Å². The van der Waals surface area contributed by atoms with Crippen molar-refractivity contribution in [2.24, 2.45) is 0 Å². The zero-order chi connectivity index (χ0) is 27.6. The maximum absolute atomic E-state index is 6.65. The standard InChI is InChI=1S/C38H22N2O2/c1-3-12-23(13-4-1)29-22-30(24-14-5-2-6-15-24)40-38(39-29)28-19-11-21-32-34(28)35-36(42-32)26-17-8-7-16-25(26)33-27-18-9-10-20-31(27)41-37(33)35/h1-22H. The molecule has 0 aliphatic heterocycles. The monoisotopic (exact) mass is 538 g/mol. The molecular weight excluding hydrogens is 516 g/mol. The van der Waals surface area contributed by atoms with Crippen LogP contribution in [0.3, 0.4) is 0 Å². The van der Waals surface area contributed by atoms with Gasteiger partial charge in [0.25, 0.3) is 0 Å². The maximum Gasteiger partial charge on any atom is 0.161 e. The van der Waals surface area contributed by atoms with Crippen LogP contribution in [0.25, 0.3) is 88.6 Å². The second kappa shape index (κ2) is 8.88. The van der Waals surface area contributed by atoms with Gasteiger partial charge in [-0.1, -0.05) is 115 Å². The summed E-state index contributed by atoms with van der Waals surface area (Å²) in [6.45, 7) is 0. The Labute approximate surface area is 240 Å². The normalized spacial score (nSPS) is 11.8. The highest BCUT2D eigenvalue weighted by Gasteiger charge is 2.23. The van der Waals surface area contributed by atoms with Crippen LogP contribution in [0.4, 0.5) is 0 Å². The van der Waals surface area contributed by atoms with E-state index in [2.05, 4.69) is 72.8 Å². The number of hydrogen-bond donors (Lipinski definition) is 0. The van der Waals surface area contributed by atoms with Gasteiger partial charge in [-0.25, -0.2) is 9.97 Å². The van der Waals surface area contributed by atoms with Gasteiger partial charge in [-0.05, 0) is 23.6 Å². The SMILES string of the molecule is c1ccc(-c2cc(-c3ccccc3)nc(-c3cccc4oc5c6ccccc6c6c7ccccc7oc6c5c34)n2)cc1. The molecule has 42 heavy (non-hydrogen) atoms. The van der Waals surface area contributed by atoms with Crippen molar-refractivity contribution in [2.75, 3.05) is 0 Å². The number of nitrogens with zero attached hydrogens (tertiary/aromatic N) is 2. The number of rotatable bonds is 3. The third kappa shape index (κ3) is 3.36. The average molecular weight is 539 g/mol. The third-order valence-electron chi connectivity index (χ3n) is 8.09. The van der Waals surface area contributed by atoms with Gasteiger partial charge < -0.3 is 8.83 Å². The number of aromatic nitrogens is 2. The van der Waals surface area contributed by atoms with E-state index in [0.717, 1.165) is 82.7 Å². The number of para-hydroxylation sites is 1. The summed E-state index contributed by atoms with van der Waals surface area (Å²) >= 11 is 0. The fourth-order valence-electron chi connectivity index (χ4n) is 6.21. The quantitative estimate of drug-likeness (QED) is 0.224. The molecule has 4 nitrogen and oxygen atoms in total. The van der Waals surface area contributed by atoms with Gasteiger partial charge in [0.05, 0.1) is 16.8 Å². The fraction of sp³-hybridized carbons (Fsp3) is 0. The molecule has 6 aromatic carbocycles. The molecule has 196 valence electrons. The van der Waals surface area contributed by atoms with E-state index in [0.29, 0.717) is 5.82 Å². The summed E-state index contributed by atoms with van der Waals surface area (Å²) in [6.07, 6.45) is 0. The van der Waals surface area contributed by atoms with Crippen molar-refractivity contribution in [1.29, 1.82) is 0 Å². The molecule has 0 atom stereocenters. The number of fused-ring (bicyclic) bond motifs is 10. The molecule has 0 saturated carbocycles. The topological polar surface area (TPSA) is 52.1 Å². The van der Waals surface area contributed by atoms with Crippen LogP contribution in [0.15, 0.2) is 142 Å². The van der Waals surface area contributed by atoms with E-state index in [1.807, 2.05) is 60.7 Å². The highest BCUT2D eigenvalue weighted by atomic mass is 16.3. The number of furan rings is 2. The summed E-state index contributed by atoms with van der Waals surface area (Å²) in [5.41, 5.74) is 7.95. The molecular formula is C38H22N2O2. The van der Waals surface area contributed by atoms with Crippen LogP contribution in [0, 0.1) is 0 Å². The Morgan fingerprint density at radius 1 is 0.405 bits per heavy atom. The van der Waals surface area contributed by atoms with Crippen LogP contribution in [0.1, 0.15) is 0 Å². The summed E-state index contributed by atoms with van der Waals surface area (Å²) in [6, 6.07) is 45.3. The van der Waals surface area contributed by atoms with E-state index in [-0.39, 0.29) is 0 Å². The van der Waals surface area contributed by atoms with Crippen LogP contribution in [-0.2, 0) is 0 Å². The van der Waals surface area contributed by atoms with Crippen molar-refractivity contribution in [3.8, 4) is 33.9 Å². The van der Waals surface area contributed by atoms with E-state index >= 15 is 0 Å². The summed E-state index contributed by atoms with van der Waals surface area (Å²) in [5.74, 6) is 0.640. The van der Waals surface area contributed by atoms with Crippen molar-refractivity contribution < 1.29 is 8.83 Å². The lowest BCUT2D eigenvalue weighted by atomic mass is 9.98. The molecule has 0 amide bonds. The molecule has 0 aliphatic rings. The number of benzene rings is 6. The van der Waals surface area contributed by atoms with E-state index in [9.17, 15) is 0 Å². The Bertz CT molecular complexity index is 2400. The van der Waals surface area contributed by atoms with Gasteiger partial charge in [-0.3, -0.25) is 0 Å². The largest absolute Gasteiger partial charge is 0.455 e. The first-order valence-corrected chi connectivity index (χ1v) is 14.0. The Morgan fingerprint density at radius 2 is 0.976 bits per heavy atom. The van der Waals surface area contributed by atoms with Gasteiger partial charge >= 0.3 is 0 Å². The second-order valence-electron chi connectivity index (χ2n) is 10.5. The summed E-state index contributed by atoms with van der Waals surface area (Å²) in [7, 11) is 0. The predicted molar refractivity (Wildman–Crippen MR) is 170 cm³/mol. The average Bonchev–Trinajstić information content (AvgIpc) is 3.65. The Kier molecular flexibility index (Phi) is 4.87. The lowest BCUT2D eigenvalue weighted by molar-refractivity contribution is 0.665. The molecule has 0 N–H and O–H groups in total. The highest BCUT2D eigenvalue weighted by Crippen LogP contribution is 2.46. The van der Waals surface area contributed by atoms with Crippen LogP contribution < -0.4 is 0 Å². The highest BCUT2D eigenvalue weighted by molar-refractivity contribution is 6.34. The fourth-order valence-corrected chi connectivity index (χ4v) is 6.21. The van der Waals surface area contributed by atoms with Crippen LogP contribution in [0.5, 0.6) is 0 Å². The molecule has 0 saturated heterocycles. The van der Waals surface area contributed by atoms with Gasteiger partial charge in [0.2, 0.25) is 0 Å². The van der Waals surface area contributed by atoms with Crippen LogP contribution in [-0.4, -0.2) is 9.97 Å². The van der Waals surface area contributed by atoms with Gasteiger partial charge in [0.15, 0.2) is 5.82 Å². The zero-order valence-corrected chi connectivity index (χ0v) is 22.4. The summed E-state index contributed by atoms with van der Waals surface area (Å²) in [4.78, 5) is 10.3. The van der Waals surface area contributed by atoms with Crippen molar-refractivity contribution in [2.45, 2.75) is 0 Å². The van der Waals surface area contributed by atoms with Gasteiger partial charge in [0, 0.05) is 38.2 Å². The first-order chi connectivity index (χ1) is 20.8. The zero-order valence-electron chi connectivity index (χ0n) is 22.4. The molecule has 0 fully saturated rings. The lowest BCUT2D eigenvalue weighted by Crippen LogP contribution is -1.96. The minimum Gasteiger partial charge on any atom is -0.455 e. The van der Waals surface area contributed by atoms with Crippen molar-refractivity contribution >= 4 is 54.6 Å². The first kappa shape index (κ1) is 23.0. The molecule has 0 radical (unpaired) electrons. The Balaban J connectivity index is 1.43. The van der Waals surface area contributed by atoms with Crippen LogP contribution in [0.2, 0.25) is 0 Å². The van der Waals surface area contributed by atoms with Crippen molar-refractivity contribution in [3.05, 3.63) is 133 Å². The van der Waals surface area contributed by atoms with E-state index in [1.54, 1.807) is 0 Å². The molecule has 4 heteroatoms. The molecule has 9 rings (SSSR count). The first-order valence-electron chi connectivity index (χ1n) is 14.0. The molecule has 0 bridgehead atoms. The van der Waals surface area contributed by atoms with Crippen molar-refractivity contribution in [3.63, 3.8) is 0 Å². The Hall–Kier alpha value is -5.74. The van der Waals surface area contributed by atoms with Crippen LogP contribution >= 0.6 is 0 Å². The summed E-state index contributed by atoms with van der Waals surface area (Å²) < 4.78 is 13.3. The second-order valence-corrected chi connectivity index (χ2v) is 10.5. The molecule has 0 aliphatic carbocycles. The molecule has 3 aromatic heterocycles. The smallest absolute Gasteiger partial charge is 0.161 e.